The predicted molar refractivity (Wildman–Crippen MR) is 234 cm³/mol. The van der Waals surface area contributed by atoms with Crippen LogP contribution in [0.5, 0.6) is 0 Å². The molecule has 5 aromatic rings. The molecule has 4 N–H and O–H groups in total. The molecule has 0 aliphatic carbocycles. The molecule has 0 spiro atoms. The second-order valence-electron chi connectivity index (χ2n) is 16.3. The van der Waals surface area contributed by atoms with Gasteiger partial charge in [0.1, 0.15) is 30.5 Å². The first-order valence-electron chi connectivity index (χ1n) is 19.4. The lowest BCUT2D eigenvalue weighted by molar-refractivity contribution is -0.0521. The number of carbonyl (C=O) groups is 1. The highest BCUT2D eigenvalue weighted by atomic mass is 32.5. The molecule has 10 atom stereocenters. The summed E-state index contributed by atoms with van der Waals surface area (Å²) in [5.41, 5.74) is 0.939. The molecule has 0 radical (unpaired) electrons. The molecule has 4 aromatic heterocycles. The number of benzene rings is 1. The van der Waals surface area contributed by atoms with Crippen LogP contribution in [0.15, 0.2) is 54.1 Å². The Morgan fingerprint density at radius 2 is 1.65 bits per heavy atom. The second kappa shape index (κ2) is 18.9. The number of aliphatic hydroxyl groups excluding tert-OH is 1. The maximum atomic E-state index is 13.1. The van der Waals surface area contributed by atoms with Gasteiger partial charge in [0.2, 0.25) is 0 Å². The van der Waals surface area contributed by atoms with Crippen molar-refractivity contribution >= 4 is 68.9 Å². The highest BCUT2D eigenvalue weighted by molar-refractivity contribution is 8.09. The number of aromatic amines is 1. The molecule has 0 bridgehead atoms. The number of nitrogens with zero attached hydrogens (tertiary/aromatic N) is 7. The van der Waals surface area contributed by atoms with Gasteiger partial charge in [-0.05, 0) is 49.0 Å². The summed E-state index contributed by atoms with van der Waals surface area (Å²) in [4.78, 5) is 60.6. The lowest BCUT2D eigenvalue weighted by Crippen LogP contribution is -2.49. The zero-order chi connectivity index (χ0) is 45.3. The van der Waals surface area contributed by atoms with E-state index in [1.54, 1.807) is 53.1 Å². The molecule has 7 rings (SSSR count). The summed E-state index contributed by atoms with van der Waals surface area (Å²) in [6.07, 6.45) is 5.67. The van der Waals surface area contributed by atoms with Crippen molar-refractivity contribution in [1.82, 2.24) is 39.0 Å². The standard InChI is InChI=1S/C36H47N9O11P2SSi.C2H2/c1-19-22(14-46)52-34(45-18-40-25-31(45)41-20(2)42-33(25)48)26(19)55-58(6,59)51-15-23-27(54-57(49)50)28(56-60(7,8)36(3,4)5)35(53-23)44-17-39-24-29(37-16-38-30(24)44)43-32(47)21-12-10-9-11-13-21;1-2/h9-13,16-19,22-23,26-28,34-35,46H,14-15H2,1-8H3,(H2-,37,38,41,42,43,47,48,49,50);1-2H/p+1/t19-,22+,23+,26?,27-,28?,34+,35+,58?;/m0./s1. The van der Waals surface area contributed by atoms with Crippen LogP contribution in [-0.2, 0) is 43.8 Å². The van der Waals surface area contributed by atoms with Gasteiger partial charge in [-0.1, -0.05) is 45.9 Å². The van der Waals surface area contributed by atoms with Crippen molar-refractivity contribution in [3.63, 3.8) is 0 Å². The number of imidazole rings is 2. The van der Waals surface area contributed by atoms with E-state index in [0.29, 0.717) is 17.0 Å². The topological polar surface area (TPSA) is 249 Å². The number of H-pyrrole nitrogens is 1. The van der Waals surface area contributed by atoms with Gasteiger partial charge in [-0.3, -0.25) is 18.7 Å². The smallest absolute Gasteiger partial charge is 0.406 e. The number of aliphatic hydroxyl groups is 1. The monoisotopic (exact) mass is 930 g/mol. The minimum Gasteiger partial charge on any atom is -0.406 e. The first-order chi connectivity index (χ1) is 29.3. The minimum absolute atomic E-state index is 0.108. The Hall–Kier alpha value is -4.20. The maximum Gasteiger partial charge on any atom is 0.695 e. The van der Waals surface area contributed by atoms with Gasteiger partial charge in [-0.25, -0.2) is 24.9 Å². The second-order valence-corrected chi connectivity index (χ2v) is 25.7. The summed E-state index contributed by atoms with van der Waals surface area (Å²) in [6.45, 7) is 11.6. The number of terminal acetylenes is 1. The van der Waals surface area contributed by atoms with E-state index in [1.807, 2.05) is 20.0 Å². The number of aryl methyl sites for hydroxylation is 1. The van der Waals surface area contributed by atoms with E-state index in [0.717, 1.165) is 0 Å². The number of hydrogen-bond acceptors (Lipinski definition) is 16. The average molecular weight is 931 g/mol. The molecular formula is C38H50N9O11P2SSi+. The Balaban J connectivity index is 0.00000316. The molecule has 24 heteroatoms. The number of rotatable bonds is 14. The normalized spacial score (nSPS) is 25.3. The minimum atomic E-state index is -3.23. The van der Waals surface area contributed by atoms with Gasteiger partial charge in [0.05, 0.1) is 32.0 Å². The first-order valence-corrected chi connectivity index (χ1v) is 26.5. The molecule has 1 amide bonds. The van der Waals surface area contributed by atoms with Crippen molar-refractivity contribution in [1.29, 1.82) is 0 Å². The van der Waals surface area contributed by atoms with Gasteiger partial charge in [0, 0.05) is 22.7 Å². The zero-order valence-electron chi connectivity index (χ0n) is 35.3. The summed E-state index contributed by atoms with van der Waals surface area (Å²) in [7, 11) is -5.82. The Morgan fingerprint density at radius 3 is 2.29 bits per heavy atom. The van der Waals surface area contributed by atoms with Gasteiger partial charge >= 0.3 is 8.25 Å². The molecule has 2 saturated heterocycles. The van der Waals surface area contributed by atoms with E-state index >= 15 is 0 Å². The Kier molecular flexibility index (Phi) is 14.4. The SMILES string of the molecule is C#C.Cc1nc2c(ncn2[C@@H]2O[C@H](CO)[C@H](C)C2OP(C)(=S)OC[C@H]2O[C@@H](n3cnc4c(NC(=O)c5ccccc5)ncnc43)C(O[Si](C)(C)C(C)(C)C)[C@H]2O[P+](=O)O)c(=O)[nH]1. The van der Waals surface area contributed by atoms with E-state index in [1.165, 1.54) is 19.0 Å². The average Bonchev–Trinajstić information content (AvgIpc) is 3.99. The van der Waals surface area contributed by atoms with Crippen LogP contribution in [-0.4, -0.2) is 114 Å². The number of anilines is 1. The number of ether oxygens (including phenoxy) is 2. The van der Waals surface area contributed by atoms with Crippen molar-refractivity contribution in [3.05, 3.63) is 71.1 Å². The number of carbonyl (C=O) groups excluding carboxylic acids is 1. The molecule has 6 heterocycles. The summed E-state index contributed by atoms with van der Waals surface area (Å²) in [5, 5.41) is 12.7. The van der Waals surface area contributed by atoms with Crippen LogP contribution in [0, 0.1) is 25.7 Å². The molecule has 0 saturated carbocycles. The van der Waals surface area contributed by atoms with Gasteiger partial charge < -0.3 is 38.4 Å². The summed E-state index contributed by atoms with van der Waals surface area (Å²) in [6, 6.07) is 8.65. The van der Waals surface area contributed by atoms with Crippen molar-refractivity contribution in [3.8, 4) is 12.8 Å². The highest BCUT2D eigenvalue weighted by Gasteiger charge is 2.55. The fourth-order valence-electron chi connectivity index (χ4n) is 6.95. The highest BCUT2D eigenvalue weighted by Crippen LogP contribution is 2.53. The van der Waals surface area contributed by atoms with Gasteiger partial charge in [-0.2, -0.15) is 0 Å². The summed E-state index contributed by atoms with van der Waals surface area (Å²) >= 11 is 5.97. The number of aromatic nitrogens is 8. The van der Waals surface area contributed by atoms with E-state index in [-0.39, 0.29) is 40.8 Å². The number of nitrogens with one attached hydrogen (secondary N) is 2. The third-order valence-corrected chi connectivity index (χ3v) is 17.8. The van der Waals surface area contributed by atoms with E-state index in [4.69, 9.17) is 39.3 Å². The fourth-order valence-corrected chi connectivity index (χ4v) is 10.4. The molecule has 1 aromatic carbocycles. The zero-order valence-corrected chi connectivity index (χ0v) is 38.9. The van der Waals surface area contributed by atoms with Crippen molar-refractivity contribution in [2.75, 3.05) is 25.2 Å². The van der Waals surface area contributed by atoms with Crippen LogP contribution in [0.25, 0.3) is 22.3 Å². The lowest BCUT2D eigenvalue weighted by Gasteiger charge is -2.40. The molecule has 2 aliphatic rings. The van der Waals surface area contributed by atoms with Crippen LogP contribution < -0.4 is 10.9 Å². The molecule has 332 valence electrons. The van der Waals surface area contributed by atoms with Crippen LogP contribution in [0.4, 0.5) is 5.82 Å². The molecule has 2 fully saturated rings. The third-order valence-electron chi connectivity index (χ3n) is 11.1. The van der Waals surface area contributed by atoms with Crippen LogP contribution in [0.3, 0.4) is 0 Å². The molecular weight excluding hydrogens is 881 g/mol. The number of hydrogen-bond donors (Lipinski definition) is 4. The van der Waals surface area contributed by atoms with E-state index in [9.17, 15) is 24.2 Å². The van der Waals surface area contributed by atoms with Crippen molar-refractivity contribution < 1.29 is 46.8 Å². The molecule has 4 unspecified atom stereocenters. The van der Waals surface area contributed by atoms with E-state index < -0.39 is 83.4 Å². The molecule has 2 aliphatic heterocycles. The largest absolute Gasteiger partial charge is 0.695 e. The summed E-state index contributed by atoms with van der Waals surface area (Å²) in [5.74, 6) is -0.252. The van der Waals surface area contributed by atoms with Gasteiger partial charge in [0.25, 0.3) is 11.5 Å². The number of fused-ring (bicyclic) bond motifs is 2. The molecule has 62 heavy (non-hydrogen) atoms. The van der Waals surface area contributed by atoms with Crippen LogP contribution in [0.2, 0.25) is 18.1 Å². The fraction of sp³-hybridized carbons (Fsp3) is 0.500. The third kappa shape index (κ3) is 9.79. The molecule has 20 nitrogen and oxygen atoms in total. The predicted octanol–water partition coefficient (Wildman–Crippen LogP) is 4.96. The van der Waals surface area contributed by atoms with Gasteiger partial charge in [-0.15, -0.1) is 22.3 Å². The quantitative estimate of drug-likeness (QED) is 0.0653. The Labute approximate surface area is 364 Å². The Bertz CT molecular complexity index is 2550. The lowest BCUT2D eigenvalue weighted by atomic mass is 10.0. The van der Waals surface area contributed by atoms with E-state index in [2.05, 4.69) is 68.8 Å². The number of amides is 1. The van der Waals surface area contributed by atoms with Crippen LogP contribution in [0.1, 0.15) is 56.3 Å². The van der Waals surface area contributed by atoms with Gasteiger partial charge in [0.15, 0.2) is 61.5 Å². The van der Waals surface area contributed by atoms with Crippen LogP contribution >= 0.6 is 14.7 Å². The van der Waals surface area contributed by atoms with Crippen molar-refractivity contribution in [2.45, 2.75) is 95.7 Å². The Morgan fingerprint density at radius 1 is 1.02 bits per heavy atom. The van der Waals surface area contributed by atoms with Crippen molar-refractivity contribution in [2.24, 2.45) is 5.92 Å². The summed E-state index contributed by atoms with van der Waals surface area (Å²) < 4.78 is 54.1. The first kappa shape index (κ1) is 47.3. The maximum absolute atomic E-state index is 13.1.